The molecule has 0 aliphatic carbocycles. The zero-order valence-electron chi connectivity index (χ0n) is 14.5. The van der Waals surface area contributed by atoms with Crippen LogP contribution in [0.4, 0.5) is 5.69 Å². The van der Waals surface area contributed by atoms with Gasteiger partial charge in [0.2, 0.25) is 0 Å². The first-order chi connectivity index (χ1) is 12.9. The summed E-state index contributed by atoms with van der Waals surface area (Å²) in [5.74, 6) is -1.40. The molecule has 2 aromatic carbocycles. The summed E-state index contributed by atoms with van der Waals surface area (Å²) in [4.78, 5) is 49.1. The lowest BCUT2D eigenvalue weighted by molar-refractivity contribution is -0.384. The molecule has 0 spiro atoms. The zero-order chi connectivity index (χ0) is 19.6. The largest absolute Gasteiger partial charge is 0.480 e. The SMILES string of the molecule is CC[C@H]1Oc2ccccc2C(=O)N(CC(=O)c2ccc([N+](=O)[O-])cc2)C1=O. The maximum Gasteiger partial charge on any atom is 0.270 e. The lowest BCUT2D eigenvalue weighted by Crippen LogP contribution is -2.45. The number of hydrogen-bond acceptors (Lipinski definition) is 6. The van der Waals surface area contributed by atoms with Crippen molar-refractivity contribution in [1.29, 1.82) is 0 Å². The van der Waals surface area contributed by atoms with Crippen molar-refractivity contribution in [3.05, 3.63) is 69.8 Å². The number of hydrogen-bond donors (Lipinski definition) is 0. The van der Waals surface area contributed by atoms with E-state index < -0.39 is 35.2 Å². The maximum absolute atomic E-state index is 12.8. The van der Waals surface area contributed by atoms with E-state index in [1.165, 1.54) is 30.3 Å². The normalized spacial score (nSPS) is 16.3. The quantitative estimate of drug-likeness (QED) is 0.347. The topological polar surface area (TPSA) is 107 Å². The standard InChI is InChI=1S/C19H16N2O6/c1-2-16-19(24)20(18(23)14-5-3-4-6-17(14)27-16)11-15(22)12-7-9-13(10-8-12)21(25)26/h3-10,16H,2,11H2,1H3/t16-/m1/s1. The Bertz CT molecular complexity index is 922. The Morgan fingerprint density at radius 3 is 2.44 bits per heavy atom. The van der Waals surface area contributed by atoms with E-state index in [0.29, 0.717) is 12.2 Å². The van der Waals surface area contributed by atoms with Gasteiger partial charge in [0.25, 0.3) is 17.5 Å². The van der Waals surface area contributed by atoms with Gasteiger partial charge in [0.05, 0.1) is 17.0 Å². The van der Waals surface area contributed by atoms with Crippen molar-refractivity contribution in [2.45, 2.75) is 19.4 Å². The van der Waals surface area contributed by atoms with E-state index in [0.717, 1.165) is 4.90 Å². The summed E-state index contributed by atoms with van der Waals surface area (Å²) in [6.45, 7) is 1.28. The van der Waals surface area contributed by atoms with Gasteiger partial charge in [-0.1, -0.05) is 19.1 Å². The monoisotopic (exact) mass is 368 g/mol. The average molecular weight is 368 g/mol. The molecule has 3 rings (SSSR count). The number of fused-ring (bicyclic) bond motifs is 1. The number of amides is 2. The summed E-state index contributed by atoms with van der Waals surface area (Å²) in [6, 6.07) is 11.5. The van der Waals surface area contributed by atoms with Gasteiger partial charge in [-0.2, -0.15) is 0 Å². The molecule has 0 N–H and O–H groups in total. The van der Waals surface area contributed by atoms with Crippen molar-refractivity contribution < 1.29 is 24.0 Å². The molecule has 0 saturated carbocycles. The van der Waals surface area contributed by atoms with Crippen LogP contribution in [0.3, 0.4) is 0 Å². The minimum atomic E-state index is -0.873. The number of nitro groups is 1. The van der Waals surface area contributed by atoms with E-state index in [1.54, 1.807) is 25.1 Å². The summed E-state index contributed by atoms with van der Waals surface area (Å²) in [6.07, 6.45) is -0.537. The van der Waals surface area contributed by atoms with Crippen LogP contribution in [-0.4, -0.2) is 40.1 Å². The van der Waals surface area contributed by atoms with E-state index in [9.17, 15) is 24.5 Å². The third-order valence-corrected chi connectivity index (χ3v) is 4.25. The van der Waals surface area contributed by atoms with E-state index in [-0.39, 0.29) is 16.8 Å². The van der Waals surface area contributed by atoms with Gasteiger partial charge in [-0.25, -0.2) is 0 Å². The minimum Gasteiger partial charge on any atom is -0.480 e. The summed E-state index contributed by atoms with van der Waals surface area (Å²) < 4.78 is 5.65. The van der Waals surface area contributed by atoms with Crippen LogP contribution in [0.1, 0.15) is 34.1 Å². The Kier molecular flexibility index (Phi) is 4.98. The molecule has 1 aliphatic rings. The molecule has 0 saturated heterocycles. The Morgan fingerprint density at radius 1 is 1.15 bits per heavy atom. The van der Waals surface area contributed by atoms with Gasteiger partial charge in [-0.15, -0.1) is 0 Å². The molecule has 8 heteroatoms. The number of ether oxygens (including phenoxy) is 1. The highest BCUT2D eigenvalue weighted by Crippen LogP contribution is 2.26. The summed E-state index contributed by atoms with van der Waals surface area (Å²) >= 11 is 0. The fraction of sp³-hybridized carbons (Fsp3) is 0.211. The van der Waals surface area contributed by atoms with Crippen molar-refractivity contribution >= 4 is 23.3 Å². The average Bonchev–Trinajstić information content (AvgIpc) is 2.78. The third-order valence-electron chi connectivity index (χ3n) is 4.25. The molecule has 2 aromatic rings. The number of carbonyl (C=O) groups excluding carboxylic acids is 3. The van der Waals surface area contributed by atoms with Gasteiger partial charge in [-0.3, -0.25) is 29.4 Å². The Balaban J connectivity index is 1.89. The molecule has 27 heavy (non-hydrogen) atoms. The molecule has 0 fully saturated rings. The Labute approximate surface area is 154 Å². The van der Waals surface area contributed by atoms with Gasteiger partial charge in [0.15, 0.2) is 11.9 Å². The molecule has 8 nitrogen and oxygen atoms in total. The first-order valence-electron chi connectivity index (χ1n) is 8.31. The van der Waals surface area contributed by atoms with Crippen LogP contribution in [0.2, 0.25) is 0 Å². The molecular weight excluding hydrogens is 352 g/mol. The molecular formula is C19H16N2O6. The van der Waals surface area contributed by atoms with E-state index >= 15 is 0 Å². The second kappa shape index (κ2) is 7.36. The van der Waals surface area contributed by atoms with Crippen molar-refractivity contribution in [3.8, 4) is 5.75 Å². The molecule has 0 aromatic heterocycles. The molecule has 1 heterocycles. The number of imide groups is 1. The van der Waals surface area contributed by atoms with Gasteiger partial charge in [-0.05, 0) is 30.7 Å². The fourth-order valence-electron chi connectivity index (χ4n) is 2.78. The Hall–Kier alpha value is -3.55. The van der Waals surface area contributed by atoms with Gasteiger partial charge >= 0.3 is 0 Å². The zero-order valence-corrected chi connectivity index (χ0v) is 14.5. The molecule has 1 aliphatic heterocycles. The minimum absolute atomic E-state index is 0.151. The lowest BCUT2D eigenvalue weighted by atomic mass is 10.1. The second-order valence-corrected chi connectivity index (χ2v) is 5.97. The molecule has 0 radical (unpaired) electrons. The van der Waals surface area contributed by atoms with Crippen molar-refractivity contribution in [2.24, 2.45) is 0 Å². The van der Waals surface area contributed by atoms with Gasteiger partial charge in [0, 0.05) is 17.7 Å². The van der Waals surface area contributed by atoms with Crippen LogP contribution in [0.15, 0.2) is 48.5 Å². The number of Topliss-reactive ketones (excluding diaryl/α,β-unsaturated/α-hetero) is 1. The van der Waals surface area contributed by atoms with Crippen LogP contribution >= 0.6 is 0 Å². The van der Waals surface area contributed by atoms with E-state index in [4.69, 9.17) is 4.74 Å². The number of benzene rings is 2. The Morgan fingerprint density at radius 2 is 1.81 bits per heavy atom. The van der Waals surface area contributed by atoms with E-state index in [1.807, 2.05) is 0 Å². The molecule has 2 amide bonds. The number of ketones is 1. The highest BCUT2D eigenvalue weighted by molar-refractivity contribution is 6.12. The predicted octanol–water partition coefficient (Wildman–Crippen LogP) is 2.62. The van der Waals surface area contributed by atoms with Crippen LogP contribution in [0.25, 0.3) is 0 Å². The fourth-order valence-corrected chi connectivity index (χ4v) is 2.78. The van der Waals surface area contributed by atoms with Gasteiger partial charge < -0.3 is 4.74 Å². The number of nitrogens with zero attached hydrogens (tertiary/aromatic N) is 2. The lowest BCUT2D eigenvalue weighted by Gasteiger charge is -2.21. The summed E-state index contributed by atoms with van der Waals surface area (Å²) in [5.41, 5.74) is 0.229. The molecule has 138 valence electrons. The predicted molar refractivity (Wildman–Crippen MR) is 94.6 cm³/mol. The highest BCUT2D eigenvalue weighted by atomic mass is 16.6. The third kappa shape index (κ3) is 3.55. The smallest absolute Gasteiger partial charge is 0.270 e. The number of rotatable bonds is 5. The number of para-hydroxylation sites is 1. The molecule has 1 atom stereocenters. The van der Waals surface area contributed by atoms with Crippen LogP contribution < -0.4 is 4.74 Å². The van der Waals surface area contributed by atoms with Crippen molar-refractivity contribution in [1.82, 2.24) is 4.90 Å². The highest BCUT2D eigenvalue weighted by Gasteiger charge is 2.36. The summed E-state index contributed by atoms with van der Waals surface area (Å²) in [7, 11) is 0. The number of carbonyl (C=O) groups is 3. The molecule has 0 bridgehead atoms. The summed E-state index contributed by atoms with van der Waals surface area (Å²) in [5, 5.41) is 10.7. The molecule has 0 unspecified atom stereocenters. The van der Waals surface area contributed by atoms with Crippen LogP contribution in [0.5, 0.6) is 5.75 Å². The first kappa shape index (κ1) is 18.2. The number of non-ortho nitro benzene ring substituents is 1. The van der Waals surface area contributed by atoms with Gasteiger partial charge in [0.1, 0.15) is 5.75 Å². The maximum atomic E-state index is 12.8. The first-order valence-corrected chi connectivity index (χ1v) is 8.31. The van der Waals surface area contributed by atoms with Crippen LogP contribution in [0, 0.1) is 10.1 Å². The van der Waals surface area contributed by atoms with Crippen LogP contribution in [-0.2, 0) is 4.79 Å². The number of nitro benzene ring substituents is 1. The van der Waals surface area contributed by atoms with Crippen molar-refractivity contribution in [2.75, 3.05) is 6.54 Å². The van der Waals surface area contributed by atoms with Crippen molar-refractivity contribution in [3.63, 3.8) is 0 Å². The van der Waals surface area contributed by atoms with E-state index in [2.05, 4.69) is 0 Å². The second-order valence-electron chi connectivity index (χ2n) is 5.97.